The average molecular weight is 359 g/mol. The Morgan fingerprint density at radius 1 is 1.16 bits per heavy atom. The highest BCUT2D eigenvalue weighted by Gasteiger charge is 2.26. The zero-order valence-corrected chi connectivity index (χ0v) is 14.9. The minimum absolute atomic E-state index is 0.211. The third-order valence-electron chi connectivity index (χ3n) is 4.66. The van der Waals surface area contributed by atoms with Gasteiger partial charge in [0.25, 0.3) is 0 Å². The fourth-order valence-corrected chi connectivity index (χ4v) is 4.01. The molecule has 25 heavy (non-hydrogen) atoms. The monoisotopic (exact) mass is 359 g/mol. The molecule has 0 aliphatic carbocycles. The molecule has 1 aliphatic heterocycles. The number of hydrogen-bond acceptors (Lipinski definition) is 4. The van der Waals surface area contributed by atoms with Gasteiger partial charge in [0.1, 0.15) is 0 Å². The molecule has 0 spiro atoms. The quantitative estimate of drug-likeness (QED) is 0.888. The van der Waals surface area contributed by atoms with Crippen molar-refractivity contribution in [2.45, 2.75) is 23.8 Å². The van der Waals surface area contributed by atoms with Crippen LogP contribution in [0, 0.1) is 0 Å². The fraction of sp³-hybridized carbons (Fsp3) is 0.316. The minimum atomic E-state index is -3.17. The van der Waals surface area contributed by atoms with Crippen LogP contribution in [0.1, 0.15) is 33.8 Å². The molecule has 1 heterocycles. The SMILES string of the molecule is CS(=O)(=O)c1ccc(CN2CCC(c3ccccc3C(=O)O)C2)cc1. The number of carboxylic acids is 1. The van der Waals surface area contributed by atoms with Crippen molar-refractivity contribution < 1.29 is 18.3 Å². The van der Waals surface area contributed by atoms with E-state index < -0.39 is 15.8 Å². The summed E-state index contributed by atoms with van der Waals surface area (Å²) in [5, 5.41) is 9.36. The second-order valence-electron chi connectivity index (χ2n) is 6.53. The van der Waals surface area contributed by atoms with Crippen LogP contribution in [0.5, 0.6) is 0 Å². The van der Waals surface area contributed by atoms with Gasteiger partial charge in [-0.2, -0.15) is 0 Å². The predicted molar refractivity (Wildman–Crippen MR) is 95.6 cm³/mol. The molecule has 1 N–H and O–H groups in total. The molecule has 0 bridgehead atoms. The van der Waals surface area contributed by atoms with E-state index in [1.165, 1.54) is 6.26 Å². The zero-order chi connectivity index (χ0) is 18.0. The molecular formula is C19H21NO4S. The minimum Gasteiger partial charge on any atom is -0.478 e. The Kier molecular flexibility index (Phi) is 4.92. The molecule has 0 radical (unpaired) electrons. The first-order valence-corrected chi connectivity index (χ1v) is 10.1. The number of benzene rings is 2. The van der Waals surface area contributed by atoms with Gasteiger partial charge in [-0.3, -0.25) is 4.90 Å². The van der Waals surface area contributed by atoms with Gasteiger partial charge in [0.2, 0.25) is 0 Å². The molecule has 2 aromatic carbocycles. The van der Waals surface area contributed by atoms with Crippen LogP contribution in [0.25, 0.3) is 0 Å². The maximum Gasteiger partial charge on any atom is 0.335 e. The van der Waals surface area contributed by atoms with Crippen molar-refractivity contribution >= 4 is 15.8 Å². The summed E-state index contributed by atoms with van der Waals surface area (Å²) >= 11 is 0. The van der Waals surface area contributed by atoms with E-state index in [0.29, 0.717) is 10.5 Å². The van der Waals surface area contributed by atoms with Gasteiger partial charge in [-0.25, -0.2) is 13.2 Å². The van der Waals surface area contributed by atoms with Crippen LogP contribution in [0.3, 0.4) is 0 Å². The van der Waals surface area contributed by atoms with Gasteiger partial charge >= 0.3 is 5.97 Å². The standard InChI is InChI=1S/C19H21NO4S/c1-25(23,24)16-8-6-14(7-9-16)12-20-11-10-15(13-20)17-4-2-3-5-18(17)19(21)22/h2-9,15H,10-13H2,1H3,(H,21,22). The topological polar surface area (TPSA) is 74.7 Å². The van der Waals surface area contributed by atoms with E-state index in [0.717, 1.165) is 37.2 Å². The average Bonchev–Trinajstić information content (AvgIpc) is 3.03. The third kappa shape index (κ3) is 4.08. The lowest BCUT2D eigenvalue weighted by Gasteiger charge is -2.17. The van der Waals surface area contributed by atoms with Crippen molar-refractivity contribution in [1.29, 1.82) is 0 Å². The number of hydrogen-bond donors (Lipinski definition) is 1. The van der Waals surface area contributed by atoms with E-state index in [1.54, 1.807) is 24.3 Å². The number of aromatic carboxylic acids is 1. The largest absolute Gasteiger partial charge is 0.478 e. The fourth-order valence-electron chi connectivity index (χ4n) is 3.38. The number of carbonyl (C=O) groups is 1. The van der Waals surface area contributed by atoms with Gasteiger partial charge in [0.15, 0.2) is 9.84 Å². The number of rotatable bonds is 5. The maximum atomic E-state index is 11.5. The third-order valence-corrected chi connectivity index (χ3v) is 5.79. The highest BCUT2D eigenvalue weighted by atomic mass is 32.2. The van der Waals surface area contributed by atoms with Gasteiger partial charge in [-0.05, 0) is 48.2 Å². The number of nitrogens with zero attached hydrogens (tertiary/aromatic N) is 1. The van der Waals surface area contributed by atoms with Crippen molar-refractivity contribution in [3.8, 4) is 0 Å². The van der Waals surface area contributed by atoms with Gasteiger partial charge < -0.3 is 5.11 Å². The molecule has 6 heteroatoms. The Balaban J connectivity index is 1.69. The number of likely N-dealkylation sites (tertiary alicyclic amines) is 1. The summed E-state index contributed by atoms with van der Waals surface area (Å²) in [7, 11) is -3.17. The van der Waals surface area contributed by atoms with Crippen LogP contribution in [-0.4, -0.2) is 43.7 Å². The maximum absolute atomic E-state index is 11.5. The molecule has 1 unspecified atom stereocenters. The number of sulfone groups is 1. The summed E-state index contributed by atoms with van der Waals surface area (Å²) in [5.74, 6) is -0.673. The van der Waals surface area contributed by atoms with Crippen molar-refractivity contribution in [3.05, 3.63) is 65.2 Å². The molecule has 1 aliphatic rings. The molecule has 0 amide bonds. The van der Waals surface area contributed by atoms with Crippen molar-refractivity contribution in [2.75, 3.05) is 19.3 Å². The summed E-state index contributed by atoms with van der Waals surface area (Å²) in [4.78, 5) is 14.0. The molecule has 132 valence electrons. The molecule has 3 rings (SSSR count). The van der Waals surface area contributed by atoms with Gasteiger partial charge in [0.05, 0.1) is 10.5 Å². The first kappa shape index (κ1) is 17.6. The van der Waals surface area contributed by atoms with Crippen LogP contribution in [0.4, 0.5) is 0 Å². The van der Waals surface area contributed by atoms with Crippen molar-refractivity contribution in [1.82, 2.24) is 4.90 Å². The Morgan fingerprint density at radius 3 is 2.48 bits per heavy atom. The van der Waals surface area contributed by atoms with Crippen molar-refractivity contribution in [3.63, 3.8) is 0 Å². The molecule has 1 saturated heterocycles. The summed E-state index contributed by atoms with van der Waals surface area (Å²) in [6, 6.07) is 14.2. The summed E-state index contributed by atoms with van der Waals surface area (Å²) < 4.78 is 23.0. The molecule has 5 nitrogen and oxygen atoms in total. The Morgan fingerprint density at radius 2 is 1.84 bits per heavy atom. The summed E-state index contributed by atoms with van der Waals surface area (Å²) in [5.41, 5.74) is 2.33. The first-order valence-electron chi connectivity index (χ1n) is 8.18. The number of carboxylic acid groups (broad SMARTS) is 1. The van der Waals surface area contributed by atoms with Crippen LogP contribution >= 0.6 is 0 Å². The Hall–Kier alpha value is -2.18. The molecule has 0 saturated carbocycles. The predicted octanol–water partition coefficient (Wildman–Crippen LogP) is 2.78. The van der Waals surface area contributed by atoms with E-state index in [-0.39, 0.29) is 5.92 Å². The Bertz CT molecular complexity index is 875. The van der Waals surface area contributed by atoms with E-state index in [9.17, 15) is 18.3 Å². The van der Waals surface area contributed by atoms with Gasteiger partial charge in [0, 0.05) is 19.3 Å². The second-order valence-corrected chi connectivity index (χ2v) is 8.54. The van der Waals surface area contributed by atoms with Crippen LogP contribution in [-0.2, 0) is 16.4 Å². The van der Waals surface area contributed by atoms with E-state index in [1.807, 2.05) is 24.3 Å². The molecule has 0 aromatic heterocycles. The second kappa shape index (κ2) is 6.98. The first-order chi connectivity index (χ1) is 11.8. The lowest BCUT2D eigenvalue weighted by atomic mass is 9.93. The molecular weight excluding hydrogens is 338 g/mol. The van der Waals surface area contributed by atoms with Crippen LogP contribution in [0.2, 0.25) is 0 Å². The highest BCUT2D eigenvalue weighted by molar-refractivity contribution is 7.90. The molecule has 2 aromatic rings. The van der Waals surface area contributed by atoms with Crippen molar-refractivity contribution in [2.24, 2.45) is 0 Å². The smallest absolute Gasteiger partial charge is 0.335 e. The highest BCUT2D eigenvalue weighted by Crippen LogP contribution is 2.30. The molecule has 1 fully saturated rings. The molecule has 1 atom stereocenters. The van der Waals surface area contributed by atoms with Crippen LogP contribution in [0.15, 0.2) is 53.4 Å². The lowest BCUT2D eigenvalue weighted by molar-refractivity contribution is 0.0695. The van der Waals surface area contributed by atoms with Gasteiger partial charge in [-0.1, -0.05) is 30.3 Å². The van der Waals surface area contributed by atoms with E-state index in [4.69, 9.17) is 0 Å². The normalized spacial score (nSPS) is 18.4. The van der Waals surface area contributed by atoms with E-state index >= 15 is 0 Å². The zero-order valence-electron chi connectivity index (χ0n) is 14.1. The van der Waals surface area contributed by atoms with Crippen LogP contribution < -0.4 is 0 Å². The summed E-state index contributed by atoms with van der Waals surface area (Å²) in [6.45, 7) is 2.43. The Labute approximate surface area is 147 Å². The van der Waals surface area contributed by atoms with E-state index in [2.05, 4.69) is 4.90 Å². The lowest BCUT2D eigenvalue weighted by Crippen LogP contribution is -2.20. The summed E-state index contributed by atoms with van der Waals surface area (Å²) in [6.07, 6.45) is 2.12. The van der Waals surface area contributed by atoms with Gasteiger partial charge in [-0.15, -0.1) is 0 Å².